The summed E-state index contributed by atoms with van der Waals surface area (Å²) in [6.45, 7) is 9.27. The Kier molecular flexibility index (Phi) is 6.72. The lowest BCUT2D eigenvalue weighted by Crippen LogP contribution is -2.45. The van der Waals surface area contributed by atoms with E-state index in [0.717, 1.165) is 18.8 Å². The highest BCUT2D eigenvalue weighted by molar-refractivity contribution is 5.68. The fraction of sp³-hybridized carbons (Fsp3) is 0.944. The van der Waals surface area contributed by atoms with Crippen molar-refractivity contribution < 1.29 is 9.53 Å². The van der Waals surface area contributed by atoms with E-state index in [9.17, 15) is 4.79 Å². The molecule has 0 aromatic carbocycles. The minimum Gasteiger partial charge on any atom is -0.444 e. The molecule has 1 saturated carbocycles. The van der Waals surface area contributed by atoms with E-state index >= 15 is 0 Å². The van der Waals surface area contributed by atoms with Crippen LogP contribution in [0.3, 0.4) is 0 Å². The van der Waals surface area contributed by atoms with Crippen LogP contribution in [0.2, 0.25) is 0 Å². The number of nitrogens with one attached hydrogen (secondary N) is 2. The summed E-state index contributed by atoms with van der Waals surface area (Å²) in [5.74, 6) is 0.846. The lowest BCUT2D eigenvalue weighted by molar-refractivity contribution is 0.0478. The minimum atomic E-state index is -0.420. The van der Waals surface area contributed by atoms with Crippen LogP contribution in [0.5, 0.6) is 0 Å². The number of carbonyl (C=O) groups is 1. The van der Waals surface area contributed by atoms with Gasteiger partial charge in [0, 0.05) is 18.6 Å². The Labute approximate surface area is 141 Å². The molecule has 0 unspecified atom stereocenters. The van der Waals surface area contributed by atoms with Crippen molar-refractivity contribution in [3.8, 4) is 0 Å². The maximum absolute atomic E-state index is 11.9. The summed E-state index contributed by atoms with van der Waals surface area (Å²) < 4.78 is 5.35. The number of carbonyl (C=O) groups excluding carboxylic acids is 1. The van der Waals surface area contributed by atoms with Gasteiger partial charge >= 0.3 is 6.09 Å². The van der Waals surface area contributed by atoms with Crippen molar-refractivity contribution >= 4 is 6.09 Å². The summed E-state index contributed by atoms with van der Waals surface area (Å²) in [4.78, 5) is 14.4. The molecule has 134 valence electrons. The van der Waals surface area contributed by atoms with Crippen LogP contribution in [0.25, 0.3) is 0 Å². The second-order valence-corrected chi connectivity index (χ2v) is 8.28. The van der Waals surface area contributed by atoms with Crippen molar-refractivity contribution in [3.63, 3.8) is 0 Å². The first-order valence-electron chi connectivity index (χ1n) is 9.24. The Bertz CT molecular complexity index is 367. The predicted molar refractivity (Wildman–Crippen MR) is 93.6 cm³/mol. The first kappa shape index (κ1) is 18.5. The number of piperidine rings is 1. The van der Waals surface area contributed by atoms with Gasteiger partial charge in [-0.05, 0) is 85.4 Å². The molecule has 2 fully saturated rings. The molecular formula is C18H35N3O2. The number of hydrogen-bond donors (Lipinski definition) is 2. The van der Waals surface area contributed by atoms with Gasteiger partial charge in [0.05, 0.1) is 0 Å². The van der Waals surface area contributed by atoms with E-state index < -0.39 is 5.60 Å². The van der Waals surface area contributed by atoms with Crippen molar-refractivity contribution in [1.82, 2.24) is 15.5 Å². The van der Waals surface area contributed by atoms with E-state index in [2.05, 4.69) is 22.6 Å². The van der Waals surface area contributed by atoms with Crippen LogP contribution in [0.1, 0.15) is 59.3 Å². The molecule has 0 radical (unpaired) electrons. The smallest absolute Gasteiger partial charge is 0.407 e. The fourth-order valence-electron chi connectivity index (χ4n) is 3.76. The van der Waals surface area contributed by atoms with Gasteiger partial charge < -0.3 is 20.3 Å². The standard InChI is InChI=1S/C18H35N3O2/c1-18(2,3)23-17(22)20-15-5-7-16(8-6-15)21(4)13-14-9-11-19-12-10-14/h14-16,19H,5-13H2,1-4H3,(H,20,22). The third-order valence-corrected chi connectivity index (χ3v) is 5.05. The number of nitrogens with zero attached hydrogens (tertiary/aromatic N) is 1. The summed E-state index contributed by atoms with van der Waals surface area (Å²) in [5, 5.41) is 6.47. The minimum absolute atomic E-state index is 0.272. The van der Waals surface area contributed by atoms with Gasteiger partial charge in [0.1, 0.15) is 5.60 Å². The molecule has 23 heavy (non-hydrogen) atoms. The van der Waals surface area contributed by atoms with Crippen LogP contribution in [0.4, 0.5) is 4.79 Å². The van der Waals surface area contributed by atoms with Gasteiger partial charge in [-0.2, -0.15) is 0 Å². The van der Waals surface area contributed by atoms with Crippen LogP contribution in [-0.2, 0) is 4.74 Å². The van der Waals surface area contributed by atoms with Crippen LogP contribution in [0.15, 0.2) is 0 Å². The first-order chi connectivity index (χ1) is 10.8. The summed E-state index contributed by atoms with van der Waals surface area (Å²) in [5.41, 5.74) is -0.420. The molecule has 1 aliphatic heterocycles. The van der Waals surface area contributed by atoms with Crippen LogP contribution >= 0.6 is 0 Å². The number of amides is 1. The van der Waals surface area contributed by atoms with Gasteiger partial charge in [-0.25, -0.2) is 4.79 Å². The van der Waals surface area contributed by atoms with Crippen molar-refractivity contribution in [2.45, 2.75) is 77.0 Å². The molecule has 1 heterocycles. The quantitative estimate of drug-likeness (QED) is 0.834. The van der Waals surface area contributed by atoms with E-state index in [-0.39, 0.29) is 12.1 Å². The number of ether oxygens (including phenoxy) is 1. The lowest BCUT2D eigenvalue weighted by Gasteiger charge is -2.37. The second kappa shape index (κ2) is 8.34. The molecule has 0 atom stereocenters. The maximum Gasteiger partial charge on any atom is 0.407 e. The third-order valence-electron chi connectivity index (χ3n) is 5.05. The molecule has 1 amide bonds. The molecule has 1 aliphatic carbocycles. The molecular weight excluding hydrogens is 290 g/mol. The molecule has 5 nitrogen and oxygen atoms in total. The zero-order valence-corrected chi connectivity index (χ0v) is 15.4. The summed E-state index contributed by atoms with van der Waals surface area (Å²) in [6.07, 6.45) is 6.79. The van der Waals surface area contributed by atoms with Crippen LogP contribution in [-0.4, -0.2) is 55.4 Å². The van der Waals surface area contributed by atoms with E-state index in [1.54, 1.807) is 0 Å². The molecule has 1 saturated heterocycles. The largest absolute Gasteiger partial charge is 0.444 e. The van der Waals surface area contributed by atoms with Gasteiger partial charge in [-0.15, -0.1) is 0 Å². The van der Waals surface area contributed by atoms with Gasteiger partial charge in [0.25, 0.3) is 0 Å². The molecule has 0 bridgehead atoms. The van der Waals surface area contributed by atoms with Crippen molar-refractivity contribution in [3.05, 3.63) is 0 Å². The van der Waals surface area contributed by atoms with Gasteiger partial charge in [-0.1, -0.05) is 0 Å². The average molecular weight is 325 g/mol. The van der Waals surface area contributed by atoms with E-state index in [1.165, 1.54) is 45.3 Å². The molecule has 0 spiro atoms. The predicted octanol–water partition coefficient (Wildman–Crippen LogP) is 2.75. The highest BCUT2D eigenvalue weighted by Crippen LogP contribution is 2.24. The maximum atomic E-state index is 11.9. The molecule has 5 heteroatoms. The molecule has 0 aromatic rings. The Balaban J connectivity index is 1.67. The summed E-state index contributed by atoms with van der Waals surface area (Å²) in [7, 11) is 2.27. The lowest BCUT2D eigenvalue weighted by atomic mass is 9.89. The number of alkyl carbamates (subject to hydrolysis) is 1. The highest BCUT2D eigenvalue weighted by Gasteiger charge is 2.27. The van der Waals surface area contributed by atoms with E-state index in [0.29, 0.717) is 6.04 Å². The average Bonchev–Trinajstić information content (AvgIpc) is 2.47. The molecule has 0 aromatic heterocycles. The summed E-state index contributed by atoms with van der Waals surface area (Å²) in [6, 6.07) is 0.940. The van der Waals surface area contributed by atoms with Crippen molar-refractivity contribution in [2.75, 3.05) is 26.7 Å². The van der Waals surface area contributed by atoms with E-state index in [4.69, 9.17) is 4.74 Å². The van der Waals surface area contributed by atoms with E-state index in [1.807, 2.05) is 20.8 Å². The topological polar surface area (TPSA) is 53.6 Å². The first-order valence-corrected chi connectivity index (χ1v) is 9.24. The SMILES string of the molecule is CN(CC1CCNCC1)C1CCC(NC(=O)OC(C)(C)C)CC1. The van der Waals surface area contributed by atoms with Crippen LogP contribution in [0, 0.1) is 5.92 Å². The second-order valence-electron chi connectivity index (χ2n) is 8.28. The monoisotopic (exact) mass is 325 g/mol. The Morgan fingerprint density at radius 2 is 1.74 bits per heavy atom. The van der Waals surface area contributed by atoms with Gasteiger partial charge in [0.2, 0.25) is 0 Å². The number of rotatable bonds is 4. The summed E-state index contributed by atoms with van der Waals surface area (Å²) >= 11 is 0. The number of hydrogen-bond acceptors (Lipinski definition) is 4. The molecule has 2 N–H and O–H groups in total. The highest BCUT2D eigenvalue weighted by atomic mass is 16.6. The Morgan fingerprint density at radius 3 is 2.30 bits per heavy atom. The zero-order chi connectivity index (χ0) is 16.9. The Hall–Kier alpha value is -0.810. The third kappa shape index (κ3) is 6.68. The molecule has 2 rings (SSSR count). The fourth-order valence-corrected chi connectivity index (χ4v) is 3.76. The van der Waals surface area contributed by atoms with Crippen LogP contribution < -0.4 is 10.6 Å². The van der Waals surface area contributed by atoms with Crippen molar-refractivity contribution in [2.24, 2.45) is 5.92 Å². The molecule has 2 aliphatic rings. The van der Waals surface area contributed by atoms with Gasteiger partial charge in [-0.3, -0.25) is 0 Å². The zero-order valence-electron chi connectivity index (χ0n) is 15.4. The van der Waals surface area contributed by atoms with Crippen molar-refractivity contribution in [1.29, 1.82) is 0 Å². The normalized spacial score (nSPS) is 27.0. The Morgan fingerprint density at radius 1 is 1.13 bits per heavy atom. The van der Waals surface area contributed by atoms with Gasteiger partial charge in [0.15, 0.2) is 0 Å².